The Morgan fingerprint density at radius 1 is 1.03 bits per heavy atom. The Morgan fingerprint density at radius 2 is 1.65 bits per heavy atom. The van der Waals surface area contributed by atoms with Crippen molar-refractivity contribution >= 4 is 39.4 Å². The fourth-order valence-corrected chi connectivity index (χ4v) is 4.73. The number of rotatable bonds is 7. The molecular formula is C23H19ClF3N3O3S. The zero-order valence-corrected chi connectivity index (χ0v) is 19.3. The van der Waals surface area contributed by atoms with Gasteiger partial charge in [0.25, 0.3) is 15.9 Å². The van der Waals surface area contributed by atoms with E-state index in [1.165, 1.54) is 42.5 Å². The van der Waals surface area contributed by atoms with Crippen LogP contribution in [0.2, 0.25) is 5.02 Å². The molecule has 6 nitrogen and oxygen atoms in total. The first-order chi connectivity index (χ1) is 16.0. The van der Waals surface area contributed by atoms with E-state index >= 15 is 0 Å². The lowest BCUT2D eigenvalue weighted by Crippen LogP contribution is -2.39. The van der Waals surface area contributed by atoms with Gasteiger partial charge in [-0.2, -0.15) is 18.3 Å². The lowest BCUT2D eigenvalue weighted by Gasteiger charge is -2.24. The third-order valence-electron chi connectivity index (χ3n) is 4.68. The van der Waals surface area contributed by atoms with Gasteiger partial charge >= 0.3 is 6.18 Å². The minimum Gasteiger partial charge on any atom is -0.271 e. The molecule has 0 spiro atoms. The van der Waals surface area contributed by atoms with Gasteiger partial charge in [0.15, 0.2) is 0 Å². The van der Waals surface area contributed by atoms with Crippen LogP contribution in [0.15, 0.2) is 82.8 Å². The highest BCUT2D eigenvalue weighted by atomic mass is 35.5. The molecule has 0 unspecified atom stereocenters. The number of anilines is 1. The van der Waals surface area contributed by atoms with Crippen LogP contribution < -0.4 is 9.73 Å². The molecule has 1 N–H and O–H groups in total. The first-order valence-corrected chi connectivity index (χ1v) is 11.6. The first-order valence-electron chi connectivity index (χ1n) is 9.82. The molecule has 11 heteroatoms. The SMILES string of the molecule is Cc1ccc(S(=O)(=O)N(CC(=O)N/N=C/c2ccccc2C(F)(F)F)c2ccccc2Cl)cc1. The molecule has 1 amide bonds. The van der Waals surface area contributed by atoms with Crippen LogP contribution in [0.5, 0.6) is 0 Å². The Hall–Kier alpha value is -3.37. The van der Waals surface area contributed by atoms with Crippen LogP contribution in [0.1, 0.15) is 16.7 Å². The van der Waals surface area contributed by atoms with Crippen molar-refractivity contribution < 1.29 is 26.4 Å². The number of nitrogens with zero attached hydrogens (tertiary/aromatic N) is 2. The van der Waals surface area contributed by atoms with Gasteiger partial charge < -0.3 is 0 Å². The van der Waals surface area contributed by atoms with E-state index in [1.807, 2.05) is 0 Å². The number of hydrogen-bond donors (Lipinski definition) is 1. The Kier molecular flexibility index (Phi) is 7.63. The Balaban J connectivity index is 1.87. The molecule has 0 aliphatic heterocycles. The summed E-state index contributed by atoms with van der Waals surface area (Å²) in [5.74, 6) is -0.878. The number of alkyl halides is 3. The summed E-state index contributed by atoms with van der Waals surface area (Å²) in [6, 6.07) is 16.8. The number of amides is 1. The fraction of sp³-hybridized carbons (Fsp3) is 0.130. The smallest absolute Gasteiger partial charge is 0.271 e. The van der Waals surface area contributed by atoms with E-state index in [4.69, 9.17) is 11.6 Å². The van der Waals surface area contributed by atoms with E-state index in [0.29, 0.717) is 0 Å². The normalized spacial score (nSPS) is 12.0. The molecule has 0 fully saturated rings. The molecule has 0 radical (unpaired) electrons. The molecule has 0 aliphatic rings. The summed E-state index contributed by atoms with van der Waals surface area (Å²) in [4.78, 5) is 12.5. The highest BCUT2D eigenvalue weighted by molar-refractivity contribution is 7.92. The second kappa shape index (κ2) is 10.3. The van der Waals surface area contributed by atoms with Crippen molar-refractivity contribution in [2.45, 2.75) is 18.0 Å². The van der Waals surface area contributed by atoms with Gasteiger partial charge in [-0.15, -0.1) is 0 Å². The van der Waals surface area contributed by atoms with Gasteiger partial charge in [-0.25, -0.2) is 13.8 Å². The predicted octanol–water partition coefficient (Wildman–Crippen LogP) is 5.01. The number of nitrogens with one attached hydrogen (secondary N) is 1. The third kappa shape index (κ3) is 5.95. The van der Waals surface area contributed by atoms with Gasteiger partial charge in [-0.05, 0) is 37.3 Å². The van der Waals surface area contributed by atoms with E-state index < -0.39 is 34.2 Å². The van der Waals surface area contributed by atoms with Crippen molar-refractivity contribution in [3.63, 3.8) is 0 Å². The van der Waals surface area contributed by atoms with Crippen molar-refractivity contribution in [1.29, 1.82) is 0 Å². The maximum Gasteiger partial charge on any atom is 0.417 e. The second-order valence-corrected chi connectivity index (χ2v) is 9.42. The predicted molar refractivity (Wildman–Crippen MR) is 124 cm³/mol. The van der Waals surface area contributed by atoms with Crippen LogP contribution in [0, 0.1) is 6.92 Å². The van der Waals surface area contributed by atoms with E-state index in [-0.39, 0.29) is 21.2 Å². The summed E-state index contributed by atoms with van der Waals surface area (Å²) in [5, 5.41) is 3.66. The monoisotopic (exact) mass is 509 g/mol. The molecule has 178 valence electrons. The largest absolute Gasteiger partial charge is 0.417 e. The average Bonchev–Trinajstić information content (AvgIpc) is 2.78. The summed E-state index contributed by atoms with van der Waals surface area (Å²) in [5.41, 5.74) is 1.80. The molecule has 3 rings (SSSR count). The molecule has 0 aromatic heterocycles. The first kappa shape index (κ1) is 25.3. The minimum atomic E-state index is -4.60. The lowest BCUT2D eigenvalue weighted by atomic mass is 10.1. The lowest BCUT2D eigenvalue weighted by molar-refractivity contribution is -0.137. The van der Waals surface area contributed by atoms with Gasteiger partial charge in [0.1, 0.15) is 6.54 Å². The Morgan fingerprint density at radius 3 is 2.29 bits per heavy atom. The molecule has 0 saturated heterocycles. The molecule has 3 aromatic rings. The quantitative estimate of drug-likeness (QED) is 0.359. The summed E-state index contributed by atoms with van der Waals surface area (Å²) in [7, 11) is -4.20. The Labute approximate surface area is 199 Å². The van der Waals surface area contributed by atoms with Gasteiger partial charge in [-0.1, -0.05) is 59.6 Å². The number of halogens is 4. The van der Waals surface area contributed by atoms with Crippen LogP contribution >= 0.6 is 11.6 Å². The van der Waals surface area contributed by atoms with Crippen LogP contribution in [0.4, 0.5) is 18.9 Å². The van der Waals surface area contributed by atoms with Gasteiger partial charge in [0, 0.05) is 5.56 Å². The van der Waals surface area contributed by atoms with Gasteiger partial charge in [-0.3, -0.25) is 9.10 Å². The summed E-state index contributed by atoms with van der Waals surface area (Å²) in [6.07, 6.45) is -3.76. The number of carbonyl (C=O) groups is 1. The molecule has 0 aliphatic carbocycles. The highest BCUT2D eigenvalue weighted by Crippen LogP contribution is 2.31. The molecular weight excluding hydrogens is 491 g/mol. The summed E-state index contributed by atoms with van der Waals surface area (Å²) < 4.78 is 66.8. The molecule has 34 heavy (non-hydrogen) atoms. The van der Waals surface area contributed by atoms with Crippen molar-refractivity contribution in [2.24, 2.45) is 5.10 Å². The minimum absolute atomic E-state index is 0.0614. The molecule has 3 aromatic carbocycles. The van der Waals surface area contributed by atoms with Crippen LogP contribution in [0.3, 0.4) is 0 Å². The maximum atomic E-state index is 13.3. The summed E-state index contributed by atoms with van der Waals surface area (Å²) in [6.45, 7) is 1.09. The van der Waals surface area contributed by atoms with E-state index in [0.717, 1.165) is 22.1 Å². The van der Waals surface area contributed by atoms with Crippen LogP contribution in [-0.2, 0) is 21.0 Å². The van der Waals surface area contributed by atoms with Crippen molar-refractivity contribution in [3.05, 3.63) is 94.5 Å². The number of aryl methyl sites for hydroxylation is 1. The average molecular weight is 510 g/mol. The number of para-hydroxylation sites is 1. The maximum absolute atomic E-state index is 13.3. The zero-order chi connectivity index (χ0) is 24.9. The third-order valence-corrected chi connectivity index (χ3v) is 6.77. The van der Waals surface area contributed by atoms with E-state index in [2.05, 4.69) is 10.5 Å². The molecule has 0 atom stereocenters. The molecule has 0 bridgehead atoms. The number of sulfonamides is 1. The Bertz CT molecular complexity index is 1310. The zero-order valence-electron chi connectivity index (χ0n) is 17.8. The number of hydrogen-bond acceptors (Lipinski definition) is 4. The number of carbonyl (C=O) groups excluding carboxylic acids is 1. The summed E-state index contributed by atoms with van der Waals surface area (Å²) >= 11 is 6.19. The van der Waals surface area contributed by atoms with Crippen molar-refractivity contribution in [1.82, 2.24) is 5.43 Å². The van der Waals surface area contributed by atoms with Gasteiger partial charge in [0.2, 0.25) is 0 Å². The fourth-order valence-electron chi connectivity index (χ4n) is 3.00. The van der Waals surface area contributed by atoms with Crippen LogP contribution in [0.25, 0.3) is 0 Å². The van der Waals surface area contributed by atoms with Gasteiger partial charge in [0.05, 0.1) is 27.4 Å². The number of hydrazone groups is 1. The van der Waals surface area contributed by atoms with E-state index in [9.17, 15) is 26.4 Å². The van der Waals surface area contributed by atoms with Crippen LogP contribution in [-0.4, -0.2) is 27.1 Å². The molecule has 0 saturated carbocycles. The second-order valence-electron chi connectivity index (χ2n) is 7.15. The standard InChI is InChI=1S/C23H19ClF3N3O3S/c1-16-10-12-18(13-11-16)34(32,33)30(21-9-5-4-8-20(21)24)15-22(31)29-28-14-17-6-2-3-7-19(17)23(25,26)27/h2-14H,15H2,1H3,(H,29,31)/b28-14+. The van der Waals surface area contributed by atoms with Crippen molar-refractivity contribution in [3.8, 4) is 0 Å². The topological polar surface area (TPSA) is 78.8 Å². The van der Waals surface area contributed by atoms with Crippen molar-refractivity contribution in [2.75, 3.05) is 10.8 Å². The number of benzene rings is 3. The highest BCUT2D eigenvalue weighted by Gasteiger charge is 2.32. The molecule has 0 heterocycles. The van der Waals surface area contributed by atoms with E-state index in [1.54, 1.807) is 31.2 Å².